The highest BCUT2D eigenvalue weighted by atomic mass is 16.5. The molecule has 0 saturated heterocycles. The maximum Gasteiger partial charge on any atom is 0.278 e. The zero-order valence-corrected chi connectivity index (χ0v) is 12.3. The van der Waals surface area contributed by atoms with Crippen LogP contribution in [0.5, 0.6) is 5.75 Å². The summed E-state index contributed by atoms with van der Waals surface area (Å²) in [6, 6.07) is 7.37. The van der Waals surface area contributed by atoms with Gasteiger partial charge in [0.1, 0.15) is 11.4 Å². The number of carbonyl (C=O) groups excluding carboxylic acids is 1. The number of carbonyl (C=O) groups is 1. The van der Waals surface area contributed by atoms with Gasteiger partial charge in [-0.15, -0.1) is 0 Å². The molecule has 0 radical (unpaired) electrons. The minimum Gasteiger partial charge on any atom is -0.497 e. The van der Waals surface area contributed by atoms with Crippen LogP contribution in [0.2, 0.25) is 0 Å². The van der Waals surface area contributed by atoms with Crippen molar-refractivity contribution in [1.82, 2.24) is 9.55 Å². The van der Waals surface area contributed by atoms with Gasteiger partial charge in [0, 0.05) is 25.5 Å². The van der Waals surface area contributed by atoms with Crippen LogP contribution in [-0.4, -0.2) is 35.7 Å². The predicted octanol–water partition coefficient (Wildman–Crippen LogP) is 1.42. The molecule has 1 amide bonds. The number of amides is 1. The molecule has 1 aromatic heterocycles. The Morgan fingerprint density at radius 2 is 2.10 bits per heavy atom. The summed E-state index contributed by atoms with van der Waals surface area (Å²) in [5, 5.41) is 0. The van der Waals surface area contributed by atoms with Crippen LogP contribution < -0.4 is 15.4 Å². The predicted molar refractivity (Wildman–Crippen MR) is 81.5 cm³/mol. The van der Waals surface area contributed by atoms with Crippen molar-refractivity contribution in [3.05, 3.63) is 42.5 Å². The lowest BCUT2D eigenvalue weighted by Crippen LogP contribution is -2.33. The van der Waals surface area contributed by atoms with Gasteiger partial charge in [-0.2, -0.15) is 0 Å². The van der Waals surface area contributed by atoms with Crippen molar-refractivity contribution < 1.29 is 9.53 Å². The third-order valence-corrected chi connectivity index (χ3v) is 3.14. The summed E-state index contributed by atoms with van der Waals surface area (Å²) >= 11 is 0. The molecule has 0 aliphatic rings. The van der Waals surface area contributed by atoms with Crippen LogP contribution in [0.25, 0.3) is 0 Å². The van der Waals surface area contributed by atoms with E-state index in [1.807, 2.05) is 31.3 Å². The Balaban J connectivity index is 2.26. The van der Waals surface area contributed by atoms with E-state index in [0.29, 0.717) is 18.8 Å². The third kappa shape index (κ3) is 3.61. The van der Waals surface area contributed by atoms with Crippen molar-refractivity contribution in [3.8, 4) is 5.75 Å². The molecule has 6 nitrogen and oxygen atoms in total. The molecular formula is C15H20N4O2. The molecule has 2 N–H and O–H groups in total. The van der Waals surface area contributed by atoms with E-state index in [4.69, 9.17) is 10.5 Å². The van der Waals surface area contributed by atoms with Gasteiger partial charge < -0.3 is 19.9 Å². The molecule has 1 heterocycles. The van der Waals surface area contributed by atoms with Crippen LogP contribution in [0, 0.1) is 0 Å². The Bertz CT molecular complexity index is 592. The van der Waals surface area contributed by atoms with Crippen LogP contribution in [0.15, 0.2) is 36.8 Å². The largest absolute Gasteiger partial charge is 0.497 e. The molecule has 0 spiro atoms. The first-order valence-corrected chi connectivity index (χ1v) is 6.79. The fourth-order valence-corrected chi connectivity index (χ4v) is 2.02. The number of anilines is 1. The number of benzene rings is 1. The summed E-state index contributed by atoms with van der Waals surface area (Å²) in [6.45, 7) is 1.08. The average molecular weight is 288 g/mol. The van der Waals surface area contributed by atoms with Gasteiger partial charge in [-0.1, -0.05) is 0 Å². The van der Waals surface area contributed by atoms with E-state index in [9.17, 15) is 4.79 Å². The van der Waals surface area contributed by atoms with Crippen LogP contribution >= 0.6 is 0 Å². The Kier molecular flexibility index (Phi) is 4.94. The van der Waals surface area contributed by atoms with Gasteiger partial charge in [0.15, 0.2) is 0 Å². The van der Waals surface area contributed by atoms with Crippen molar-refractivity contribution in [2.45, 2.75) is 6.42 Å². The first-order chi connectivity index (χ1) is 10.2. The number of nitrogens with zero attached hydrogens (tertiary/aromatic N) is 3. The van der Waals surface area contributed by atoms with Crippen molar-refractivity contribution in [2.75, 3.05) is 25.1 Å². The molecule has 21 heavy (non-hydrogen) atoms. The fourth-order valence-electron chi connectivity index (χ4n) is 2.02. The highest BCUT2D eigenvalue weighted by molar-refractivity contribution is 6.04. The number of hydrogen-bond acceptors (Lipinski definition) is 4. The lowest BCUT2D eigenvalue weighted by atomic mass is 10.2. The smallest absolute Gasteiger partial charge is 0.278 e. The van der Waals surface area contributed by atoms with Crippen molar-refractivity contribution in [3.63, 3.8) is 0 Å². The summed E-state index contributed by atoms with van der Waals surface area (Å²) in [5.41, 5.74) is 6.79. The molecule has 0 unspecified atom stereocenters. The lowest BCUT2D eigenvalue weighted by Gasteiger charge is -2.22. The van der Waals surface area contributed by atoms with Crippen LogP contribution in [0.3, 0.4) is 0 Å². The van der Waals surface area contributed by atoms with E-state index in [-0.39, 0.29) is 5.91 Å². The number of rotatable bonds is 6. The van der Waals surface area contributed by atoms with E-state index >= 15 is 0 Å². The number of nitrogens with two attached hydrogens (primary N) is 1. The van der Waals surface area contributed by atoms with Gasteiger partial charge in [-0.05, 0) is 37.2 Å². The van der Waals surface area contributed by atoms with Crippen LogP contribution in [0.4, 0.5) is 5.69 Å². The fraction of sp³-hybridized carbons (Fsp3) is 0.333. The normalized spacial score (nSPS) is 10.4. The number of aryl methyl sites for hydroxylation is 1. The number of imidazole rings is 1. The molecule has 2 rings (SSSR count). The second kappa shape index (κ2) is 6.90. The molecule has 1 aromatic carbocycles. The van der Waals surface area contributed by atoms with Gasteiger partial charge in [0.2, 0.25) is 0 Å². The van der Waals surface area contributed by atoms with E-state index in [1.165, 1.54) is 0 Å². The maximum absolute atomic E-state index is 12.6. The molecule has 0 saturated carbocycles. The maximum atomic E-state index is 12.6. The topological polar surface area (TPSA) is 73.4 Å². The Morgan fingerprint density at radius 1 is 1.38 bits per heavy atom. The molecule has 0 aliphatic heterocycles. The number of aromatic nitrogens is 2. The summed E-state index contributed by atoms with van der Waals surface area (Å²) in [6.07, 6.45) is 4.05. The van der Waals surface area contributed by atoms with E-state index in [1.54, 1.807) is 29.1 Å². The molecule has 2 aromatic rings. The molecule has 112 valence electrons. The quantitative estimate of drug-likeness (QED) is 0.872. The highest BCUT2D eigenvalue weighted by Crippen LogP contribution is 2.21. The second-order valence-corrected chi connectivity index (χ2v) is 4.72. The van der Waals surface area contributed by atoms with Gasteiger partial charge in [0.05, 0.1) is 13.4 Å². The minimum atomic E-state index is -0.130. The highest BCUT2D eigenvalue weighted by Gasteiger charge is 2.19. The zero-order valence-electron chi connectivity index (χ0n) is 12.3. The third-order valence-electron chi connectivity index (χ3n) is 3.14. The van der Waals surface area contributed by atoms with Crippen molar-refractivity contribution in [1.29, 1.82) is 0 Å². The second-order valence-electron chi connectivity index (χ2n) is 4.72. The van der Waals surface area contributed by atoms with E-state index in [0.717, 1.165) is 17.9 Å². The molecule has 6 heteroatoms. The monoisotopic (exact) mass is 288 g/mol. The molecule has 0 bridgehead atoms. The summed E-state index contributed by atoms with van der Waals surface area (Å²) in [7, 11) is 3.45. The SMILES string of the molecule is COc1ccc(N(CCCN)C(=O)c2cn(C)cn2)cc1. The first kappa shape index (κ1) is 15.1. The number of methoxy groups -OCH3 is 1. The lowest BCUT2D eigenvalue weighted by molar-refractivity contribution is 0.0982. The number of ether oxygens (including phenoxy) is 1. The molecular weight excluding hydrogens is 268 g/mol. The standard InChI is InChI=1S/C15H20N4O2/c1-18-10-14(17-11-18)15(20)19(9-3-8-16)12-4-6-13(21-2)7-5-12/h4-7,10-11H,3,8-9,16H2,1-2H3. The van der Waals surface area contributed by atoms with E-state index < -0.39 is 0 Å². The van der Waals surface area contributed by atoms with Crippen LogP contribution in [-0.2, 0) is 7.05 Å². The van der Waals surface area contributed by atoms with Gasteiger partial charge >= 0.3 is 0 Å². The Labute approximate surface area is 124 Å². The van der Waals surface area contributed by atoms with Crippen molar-refractivity contribution in [2.24, 2.45) is 12.8 Å². The molecule has 0 atom stereocenters. The summed E-state index contributed by atoms with van der Waals surface area (Å²) in [5.74, 6) is 0.622. The molecule has 0 aliphatic carbocycles. The Hall–Kier alpha value is -2.34. The minimum absolute atomic E-state index is 0.130. The zero-order chi connectivity index (χ0) is 15.2. The van der Waals surface area contributed by atoms with Crippen molar-refractivity contribution >= 4 is 11.6 Å². The van der Waals surface area contributed by atoms with Gasteiger partial charge in [-0.3, -0.25) is 4.79 Å². The van der Waals surface area contributed by atoms with E-state index in [2.05, 4.69) is 4.98 Å². The van der Waals surface area contributed by atoms with Crippen LogP contribution in [0.1, 0.15) is 16.9 Å². The van der Waals surface area contributed by atoms with Gasteiger partial charge in [0.25, 0.3) is 5.91 Å². The number of hydrogen-bond donors (Lipinski definition) is 1. The summed E-state index contributed by atoms with van der Waals surface area (Å²) in [4.78, 5) is 18.4. The summed E-state index contributed by atoms with van der Waals surface area (Å²) < 4.78 is 6.89. The van der Waals surface area contributed by atoms with Gasteiger partial charge in [-0.25, -0.2) is 4.98 Å². The average Bonchev–Trinajstić information content (AvgIpc) is 2.94. The molecule has 0 fully saturated rings. The first-order valence-electron chi connectivity index (χ1n) is 6.79. The Morgan fingerprint density at radius 3 is 2.62 bits per heavy atom.